The standard InChI is InChI=1S/C17H18FNO2/c1-19(11-13-7-9-14(18)10-8-13)12-16(20)15-5-3-4-6-17(15)21-2/h3-10H,11-12H2,1-2H3. The summed E-state index contributed by atoms with van der Waals surface area (Å²) in [4.78, 5) is 14.2. The molecule has 0 aliphatic heterocycles. The highest BCUT2D eigenvalue weighted by Gasteiger charge is 2.13. The maximum Gasteiger partial charge on any atom is 0.180 e. The molecule has 0 fully saturated rings. The number of hydrogen-bond acceptors (Lipinski definition) is 3. The van der Waals surface area contributed by atoms with Gasteiger partial charge in [-0.2, -0.15) is 0 Å². The molecule has 0 aromatic heterocycles. The number of Topliss-reactive ketones (excluding diaryl/α,β-unsaturated/α-hetero) is 1. The van der Waals surface area contributed by atoms with Gasteiger partial charge in [-0.1, -0.05) is 24.3 Å². The number of benzene rings is 2. The van der Waals surface area contributed by atoms with Crippen molar-refractivity contribution in [1.29, 1.82) is 0 Å². The molecule has 0 spiro atoms. The summed E-state index contributed by atoms with van der Waals surface area (Å²) in [7, 11) is 3.41. The van der Waals surface area contributed by atoms with E-state index in [0.29, 0.717) is 17.9 Å². The molecule has 2 aromatic rings. The van der Waals surface area contributed by atoms with Crippen molar-refractivity contribution in [2.45, 2.75) is 6.54 Å². The van der Waals surface area contributed by atoms with Crippen molar-refractivity contribution in [2.24, 2.45) is 0 Å². The predicted molar refractivity (Wildman–Crippen MR) is 80.1 cm³/mol. The second-order valence-electron chi connectivity index (χ2n) is 4.92. The number of methoxy groups -OCH3 is 1. The van der Waals surface area contributed by atoms with Crippen molar-refractivity contribution < 1.29 is 13.9 Å². The average molecular weight is 287 g/mol. The Morgan fingerprint density at radius 2 is 1.81 bits per heavy atom. The minimum Gasteiger partial charge on any atom is -0.496 e. The van der Waals surface area contributed by atoms with Gasteiger partial charge >= 0.3 is 0 Å². The van der Waals surface area contributed by atoms with E-state index < -0.39 is 0 Å². The first kappa shape index (κ1) is 15.2. The lowest BCUT2D eigenvalue weighted by molar-refractivity contribution is 0.0940. The van der Waals surface area contributed by atoms with Crippen molar-refractivity contribution in [3.8, 4) is 5.75 Å². The molecule has 0 aliphatic rings. The summed E-state index contributed by atoms with van der Waals surface area (Å²) in [5.41, 5.74) is 1.54. The van der Waals surface area contributed by atoms with Crippen LogP contribution >= 0.6 is 0 Å². The predicted octanol–water partition coefficient (Wildman–Crippen LogP) is 3.15. The summed E-state index contributed by atoms with van der Waals surface area (Å²) >= 11 is 0. The van der Waals surface area contributed by atoms with Gasteiger partial charge in [0.25, 0.3) is 0 Å². The molecule has 4 heteroatoms. The van der Waals surface area contributed by atoms with Crippen LogP contribution in [0.2, 0.25) is 0 Å². The largest absolute Gasteiger partial charge is 0.496 e. The van der Waals surface area contributed by atoms with Crippen LogP contribution in [-0.2, 0) is 6.54 Å². The maximum atomic E-state index is 12.9. The number of nitrogens with zero attached hydrogens (tertiary/aromatic N) is 1. The molecular formula is C17H18FNO2. The van der Waals surface area contributed by atoms with E-state index in [9.17, 15) is 9.18 Å². The minimum atomic E-state index is -0.258. The van der Waals surface area contributed by atoms with E-state index in [-0.39, 0.29) is 18.1 Å². The van der Waals surface area contributed by atoms with E-state index in [4.69, 9.17) is 4.74 Å². The van der Waals surface area contributed by atoms with Crippen LogP contribution in [0.4, 0.5) is 4.39 Å². The highest BCUT2D eigenvalue weighted by atomic mass is 19.1. The normalized spacial score (nSPS) is 10.7. The third-order valence-electron chi connectivity index (χ3n) is 3.19. The molecule has 0 saturated heterocycles. The number of ether oxygens (including phenoxy) is 1. The molecule has 0 bridgehead atoms. The zero-order valence-corrected chi connectivity index (χ0v) is 12.2. The lowest BCUT2D eigenvalue weighted by Crippen LogP contribution is -2.25. The molecule has 0 atom stereocenters. The van der Waals surface area contributed by atoms with Gasteiger partial charge in [-0.25, -0.2) is 4.39 Å². The van der Waals surface area contributed by atoms with Crippen LogP contribution in [0.1, 0.15) is 15.9 Å². The first-order valence-electron chi connectivity index (χ1n) is 6.69. The summed E-state index contributed by atoms with van der Waals surface area (Å²) in [6, 6.07) is 13.5. The second-order valence-corrected chi connectivity index (χ2v) is 4.92. The Hall–Kier alpha value is -2.20. The second kappa shape index (κ2) is 6.99. The first-order chi connectivity index (χ1) is 10.1. The number of rotatable bonds is 6. The summed E-state index contributed by atoms with van der Waals surface area (Å²) in [5, 5.41) is 0. The van der Waals surface area contributed by atoms with Crippen molar-refractivity contribution in [1.82, 2.24) is 4.90 Å². The van der Waals surface area contributed by atoms with E-state index in [2.05, 4.69) is 0 Å². The zero-order chi connectivity index (χ0) is 15.2. The molecule has 0 aliphatic carbocycles. The van der Waals surface area contributed by atoms with Crippen LogP contribution in [0.15, 0.2) is 48.5 Å². The highest BCUT2D eigenvalue weighted by molar-refractivity contribution is 6.00. The molecule has 0 radical (unpaired) electrons. The molecule has 0 N–H and O–H groups in total. The third-order valence-corrected chi connectivity index (χ3v) is 3.19. The van der Waals surface area contributed by atoms with Crippen molar-refractivity contribution >= 4 is 5.78 Å². The van der Waals surface area contributed by atoms with Crippen LogP contribution in [-0.4, -0.2) is 31.4 Å². The fourth-order valence-corrected chi connectivity index (χ4v) is 2.16. The number of ketones is 1. The first-order valence-corrected chi connectivity index (χ1v) is 6.69. The summed E-state index contributed by atoms with van der Waals surface area (Å²) in [6.07, 6.45) is 0. The van der Waals surface area contributed by atoms with Crippen molar-refractivity contribution in [2.75, 3.05) is 20.7 Å². The molecule has 2 aromatic carbocycles. The van der Waals surface area contributed by atoms with Crippen LogP contribution in [0.5, 0.6) is 5.75 Å². The summed E-state index contributed by atoms with van der Waals surface area (Å²) in [5.74, 6) is 0.321. The van der Waals surface area contributed by atoms with Crippen LogP contribution < -0.4 is 4.74 Å². The molecule has 2 rings (SSSR count). The monoisotopic (exact) mass is 287 g/mol. The molecule has 21 heavy (non-hydrogen) atoms. The van der Waals surface area contributed by atoms with E-state index >= 15 is 0 Å². The minimum absolute atomic E-state index is 0.00272. The Morgan fingerprint density at radius 3 is 2.48 bits per heavy atom. The average Bonchev–Trinajstić information content (AvgIpc) is 2.49. The SMILES string of the molecule is COc1ccccc1C(=O)CN(C)Cc1ccc(F)cc1. The molecule has 0 heterocycles. The zero-order valence-electron chi connectivity index (χ0n) is 12.2. The van der Waals surface area contributed by atoms with Crippen LogP contribution in [0.25, 0.3) is 0 Å². The lowest BCUT2D eigenvalue weighted by Gasteiger charge is -2.16. The van der Waals surface area contributed by atoms with Gasteiger partial charge < -0.3 is 4.74 Å². The Kier molecular flexibility index (Phi) is 5.06. The Bertz CT molecular complexity index is 610. The summed E-state index contributed by atoms with van der Waals surface area (Å²) in [6.45, 7) is 0.860. The number of halogens is 1. The number of para-hydroxylation sites is 1. The molecular weight excluding hydrogens is 269 g/mol. The van der Waals surface area contributed by atoms with Gasteiger partial charge in [-0.3, -0.25) is 9.69 Å². The topological polar surface area (TPSA) is 29.5 Å². The van der Waals surface area contributed by atoms with Crippen LogP contribution in [0.3, 0.4) is 0 Å². The number of hydrogen-bond donors (Lipinski definition) is 0. The van der Waals surface area contributed by atoms with Gasteiger partial charge in [0, 0.05) is 6.54 Å². The lowest BCUT2D eigenvalue weighted by atomic mass is 10.1. The number of carbonyl (C=O) groups is 1. The molecule has 0 saturated carbocycles. The van der Waals surface area contributed by atoms with Gasteiger partial charge in [0.2, 0.25) is 0 Å². The Balaban J connectivity index is 2.00. The number of likely N-dealkylation sites (N-methyl/N-ethyl adjacent to an activating group) is 1. The van der Waals surface area contributed by atoms with Gasteiger partial charge in [-0.15, -0.1) is 0 Å². The van der Waals surface area contributed by atoms with Gasteiger partial charge in [-0.05, 0) is 36.9 Å². The van der Waals surface area contributed by atoms with Gasteiger partial charge in [0.15, 0.2) is 5.78 Å². The highest BCUT2D eigenvalue weighted by Crippen LogP contribution is 2.18. The van der Waals surface area contributed by atoms with E-state index in [1.807, 2.05) is 24.1 Å². The molecule has 0 amide bonds. The summed E-state index contributed by atoms with van der Waals surface area (Å²) < 4.78 is 18.1. The maximum absolute atomic E-state index is 12.9. The Morgan fingerprint density at radius 1 is 1.14 bits per heavy atom. The van der Waals surface area contributed by atoms with Crippen LogP contribution in [0, 0.1) is 5.82 Å². The fourth-order valence-electron chi connectivity index (χ4n) is 2.16. The smallest absolute Gasteiger partial charge is 0.180 e. The number of carbonyl (C=O) groups excluding carboxylic acids is 1. The van der Waals surface area contributed by atoms with Gasteiger partial charge in [0.05, 0.1) is 19.2 Å². The molecule has 0 unspecified atom stereocenters. The third kappa shape index (κ3) is 4.13. The van der Waals surface area contributed by atoms with E-state index in [1.165, 1.54) is 12.1 Å². The Labute approximate surface area is 124 Å². The fraction of sp³-hybridized carbons (Fsp3) is 0.235. The van der Waals surface area contributed by atoms with Gasteiger partial charge in [0.1, 0.15) is 11.6 Å². The van der Waals surface area contributed by atoms with Crippen molar-refractivity contribution in [3.63, 3.8) is 0 Å². The van der Waals surface area contributed by atoms with E-state index in [1.54, 1.807) is 31.4 Å². The quantitative estimate of drug-likeness (QED) is 0.764. The van der Waals surface area contributed by atoms with E-state index in [0.717, 1.165) is 5.56 Å². The molecule has 3 nitrogen and oxygen atoms in total. The van der Waals surface area contributed by atoms with Crippen molar-refractivity contribution in [3.05, 3.63) is 65.5 Å². The molecule has 110 valence electrons.